The number of benzene rings is 3. The van der Waals surface area contributed by atoms with Crippen LogP contribution in [0, 0.1) is 0 Å². The maximum Gasteiger partial charge on any atom is 0.243 e. The molecule has 0 spiro atoms. The van der Waals surface area contributed by atoms with Gasteiger partial charge in [0.1, 0.15) is 5.75 Å². The molecular formula is C26H27ClN2O4S. The van der Waals surface area contributed by atoms with E-state index in [-0.39, 0.29) is 35.0 Å². The summed E-state index contributed by atoms with van der Waals surface area (Å²) in [5, 5.41) is 3.24. The quantitative estimate of drug-likeness (QED) is 0.487. The maximum atomic E-state index is 13.6. The Balaban J connectivity index is 1.59. The van der Waals surface area contributed by atoms with E-state index in [9.17, 15) is 13.2 Å². The summed E-state index contributed by atoms with van der Waals surface area (Å²) in [5.41, 5.74) is 3.10. The Kier molecular flexibility index (Phi) is 7.56. The van der Waals surface area contributed by atoms with Crippen molar-refractivity contribution in [2.75, 3.05) is 13.7 Å². The highest BCUT2D eigenvalue weighted by Crippen LogP contribution is 2.31. The van der Waals surface area contributed by atoms with Gasteiger partial charge >= 0.3 is 0 Å². The van der Waals surface area contributed by atoms with Crippen molar-refractivity contribution in [3.63, 3.8) is 0 Å². The van der Waals surface area contributed by atoms with Gasteiger partial charge in [-0.1, -0.05) is 66.2 Å². The molecule has 1 amide bonds. The Hall–Kier alpha value is -2.87. The lowest BCUT2D eigenvalue weighted by Gasteiger charge is -2.28. The monoisotopic (exact) mass is 498 g/mol. The molecule has 0 bridgehead atoms. The summed E-state index contributed by atoms with van der Waals surface area (Å²) in [7, 11) is -2.55. The largest absolute Gasteiger partial charge is 0.495 e. The number of nitrogens with zero attached hydrogens (tertiary/aromatic N) is 1. The number of rotatable bonds is 8. The van der Waals surface area contributed by atoms with E-state index in [2.05, 4.69) is 11.4 Å². The van der Waals surface area contributed by atoms with Crippen LogP contribution in [0.15, 0.2) is 77.7 Å². The van der Waals surface area contributed by atoms with Crippen molar-refractivity contribution < 1.29 is 17.9 Å². The number of fused-ring (bicyclic) bond motifs is 1. The standard InChI is InChI=1S/C26H27ClN2O4S/c1-33-25-15-14-21(16-23(25)27)34(31,32)29(17-19-8-3-2-4-9-19)18-26(30)28-24-13-7-11-20-10-5-6-12-22(20)24/h2-6,8-10,12,14-16,24H,7,11,13,17-18H2,1H3,(H,28,30). The minimum atomic E-state index is -4.01. The van der Waals surface area contributed by atoms with Crippen molar-refractivity contribution in [2.45, 2.75) is 36.7 Å². The molecule has 178 valence electrons. The van der Waals surface area contributed by atoms with Crippen LogP contribution in [0.2, 0.25) is 5.02 Å². The molecule has 0 heterocycles. The van der Waals surface area contributed by atoms with Gasteiger partial charge in [0.05, 0.1) is 29.6 Å². The molecule has 1 atom stereocenters. The molecule has 0 aliphatic heterocycles. The minimum Gasteiger partial charge on any atom is -0.495 e. The summed E-state index contributed by atoms with van der Waals surface area (Å²) in [4.78, 5) is 13.1. The zero-order valence-electron chi connectivity index (χ0n) is 18.9. The van der Waals surface area contributed by atoms with E-state index in [1.807, 2.05) is 48.5 Å². The lowest BCUT2D eigenvalue weighted by atomic mass is 9.88. The van der Waals surface area contributed by atoms with Crippen LogP contribution in [0.3, 0.4) is 0 Å². The van der Waals surface area contributed by atoms with Crippen LogP contribution in [0.1, 0.15) is 35.6 Å². The lowest BCUT2D eigenvalue weighted by Crippen LogP contribution is -2.42. The van der Waals surface area contributed by atoms with Crippen molar-refractivity contribution in [1.29, 1.82) is 0 Å². The Bertz CT molecular complexity index is 1260. The zero-order chi connectivity index (χ0) is 24.1. The average molecular weight is 499 g/mol. The third-order valence-corrected chi connectivity index (χ3v) is 8.07. The number of hydrogen-bond donors (Lipinski definition) is 1. The van der Waals surface area contributed by atoms with Gasteiger partial charge < -0.3 is 10.1 Å². The fourth-order valence-corrected chi connectivity index (χ4v) is 6.01. The fourth-order valence-electron chi connectivity index (χ4n) is 4.27. The van der Waals surface area contributed by atoms with E-state index in [0.29, 0.717) is 5.75 Å². The zero-order valence-corrected chi connectivity index (χ0v) is 20.5. The van der Waals surface area contributed by atoms with Gasteiger partial charge in [-0.15, -0.1) is 0 Å². The molecule has 1 aliphatic carbocycles. The van der Waals surface area contributed by atoms with Gasteiger partial charge in [-0.05, 0) is 54.2 Å². The third-order valence-electron chi connectivity index (χ3n) is 5.99. The molecule has 34 heavy (non-hydrogen) atoms. The van der Waals surface area contributed by atoms with Crippen LogP contribution < -0.4 is 10.1 Å². The van der Waals surface area contributed by atoms with Crippen molar-refractivity contribution in [2.24, 2.45) is 0 Å². The molecule has 0 aromatic heterocycles. The van der Waals surface area contributed by atoms with Gasteiger partial charge in [-0.25, -0.2) is 8.42 Å². The Morgan fingerprint density at radius 1 is 1.09 bits per heavy atom. The third kappa shape index (κ3) is 5.43. The minimum absolute atomic E-state index is 0.00467. The van der Waals surface area contributed by atoms with E-state index in [1.54, 1.807) is 0 Å². The number of aryl methyl sites for hydroxylation is 1. The number of amides is 1. The molecule has 1 N–H and O–H groups in total. The predicted octanol–water partition coefficient (Wildman–Crippen LogP) is 4.73. The van der Waals surface area contributed by atoms with E-state index in [1.165, 1.54) is 35.2 Å². The van der Waals surface area contributed by atoms with Gasteiger partial charge in [0.25, 0.3) is 0 Å². The number of carbonyl (C=O) groups excluding carboxylic acids is 1. The summed E-state index contributed by atoms with van der Waals surface area (Å²) >= 11 is 6.20. The number of carbonyl (C=O) groups is 1. The first-order valence-corrected chi connectivity index (χ1v) is 12.9. The van der Waals surface area contributed by atoms with Gasteiger partial charge in [0, 0.05) is 6.54 Å². The fraction of sp³-hybridized carbons (Fsp3) is 0.269. The highest BCUT2D eigenvalue weighted by atomic mass is 35.5. The Morgan fingerprint density at radius 2 is 1.82 bits per heavy atom. The molecule has 3 aromatic rings. The summed E-state index contributed by atoms with van der Waals surface area (Å²) in [6.07, 6.45) is 2.77. The molecule has 4 rings (SSSR count). The van der Waals surface area contributed by atoms with Gasteiger partial charge in [0.2, 0.25) is 15.9 Å². The molecular weight excluding hydrogens is 472 g/mol. The molecule has 6 nitrogen and oxygen atoms in total. The van der Waals surface area contributed by atoms with Crippen molar-refractivity contribution in [3.8, 4) is 5.75 Å². The number of ether oxygens (including phenoxy) is 1. The molecule has 1 unspecified atom stereocenters. The van der Waals surface area contributed by atoms with Crippen LogP contribution in [0.5, 0.6) is 5.75 Å². The molecule has 0 saturated carbocycles. The predicted molar refractivity (Wildman–Crippen MR) is 132 cm³/mol. The highest BCUT2D eigenvalue weighted by Gasteiger charge is 2.29. The van der Waals surface area contributed by atoms with Crippen LogP contribution >= 0.6 is 11.6 Å². The van der Waals surface area contributed by atoms with Gasteiger partial charge in [0.15, 0.2) is 0 Å². The molecule has 3 aromatic carbocycles. The summed E-state index contributed by atoms with van der Waals surface area (Å²) in [6.45, 7) is -0.249. The van der Waals surface area contributed by atoms with Crippen LogP contribution in [-0.4, -0.2) is 32.3 Å². The maximum absolute atomic E-state index is 13.6. The van der Waals surface area contributed by atoms with E-state index in [0.717, 1.165) is 30.4 Å². The second-order valence-electron chi connectivity index (χ2n) is 8.27. The molecule has 0 radical (unpaired) electrons. The van der Waals surface area contributed by atoms with Crippen molar-refractivity contribution in [3.05, 3.63) is 94.5 Å². The number of methoxy groups -OCH3 is 1. The summed E-state index contributed by atoms with van der Waals surface area (Å²) in [5.74, 6) is 0.0322. The second kappa shape index (κ2) is 10.6. The van der Waals surface area contributed by atoms with E-state index < -0.39 is 10.0 Å². The number of nitrogens with one attached hydrogen (secondary N) is 1. The normalized spacial score (nSPS) is 15.6. The molecule has 0 saturated heterocycles. The van der Waals surface area contributed by atoms with Crippen LogP contribution in [0.25, 0.3) is 0 Å². The number of halogens is 1. The van der Waals surface area contributed by atoms with Gasteiger partial charge in [-0.3, -0.25) is 4.79 Å². The topological polar surface area (TPSA) is 75.7 Å². The first-order chi connectivity index (χ1) is 16.4. The highest BCUT2D eigenvalue weighted by molar-refractivity contribution is 7.89. The lowest BCUT2D eigenvalue weighted by molar-refractivity contribution is -0.122. The molecule has 1 aliphatic rings. The first kappa shape index (κ1) is 24.3. The number of sulfonamides is 1. The average Bonchev–Trinajstić information content (AvgIpc) is 2.84. The van der Waals surface area contributed by atoms with E-state index >= 15 is 0 Å². The van der Waals surface area contributed by atoms with Crippen LogP contribution in [0.4, 0.5) is 0 Å². The summed E-state index contributed by atoms with van der Waals surface area (Å²) < 4.78 is 33.4. The smallest absolute Gasteiger partial charge is 0.243 e. The van der Waals surface area contributed by atoms with E-state index in [4.69, 9.17) is 16.3 Å². The Morgan fingerprint density at radius 3 is 2.56 bits per heavy atom. The van der Waals surface area contributed by atoms with Crippen LogP contribution in [-0.2, 0) is 27.8 Å². The first-order valence-electron chi connectivity index (χ1n) is 11.1. The van der Waals surface area contributed by atoms with Gasteiger partial charge in [-0.2, -0.15) is 4.31 Å². The Labute approximate surface area is 205 Å². The van der Waals surface area contributed by atoms with Crippen molar-refractivity contribution >= 4 is 27.5 Å². The SMILES string of the molecule is COc1ccc(S(=O)(=O)N(CC(=O)NC2CCCc3ccccc32)Cc2ccccc2)cc1Cl. The number of hydrogen-bond acceptors (Lipinski definition) is 4. The molecule has 8 heteroatoms. The molecule has 0 fully saturated rings. The van der Waals surface area contributed by atoms with Crippen molar-refractivity contribution in [1.82, 2.24) is 9.62 Å². The summed E-state index contributed by atoms with van der Waals surface area (Å²) in [6, 6.07) is 21.4. The second-order valence-corrected chi connectivity index (χ2v) is 10.6.